The summed E-state index contributed by atoms with van der Waals surface area (Å²) in [6, 6.07) is 0. The fourth-order valence-electron chi connectivity index (χ4n) is 7.16. The van der Waals surface area contributed by atoms with Gasteiger partial charge < -0.3 is 27.9 Å². The van der Waals surface area contributed by atoms with Crippen LogP contribution in [0.5, 0.6) is 0 Å². The van der Waals surface area contributed by atoms with Gasteiger partial charge in [-0.1, -0.05) is 202 Å². The van der Waals surface area contributed by atoms with Crippen molar-refractivity contribution in [1.29, 1.82) is 0 Å². The Kier molecular flexibility index (Phi) is 46.9. The van der Waals surface area contributed by atoms with E-state index in [4.69, 9.17) is 18.5 Å². The number of phosphoric ester groups is 1. The van der Waals surface area contributed by atoms with Crippen LogP contribution in [0.3, 0.4) is 0 Å². The molecule has 0 bridgehead atoms. The molecule has 0 aliphatic carbocycles. The van der Waals surface area contributed by atoms with Gasteiger partial charge in [-0.05, 0) is 83.5 Å². The minimum absolute atomic E-state index is 0.0149. The highest BCUT2D eigenvalue weighted by atomic mass is 31.2. The number of unbranched alkanes of at least 4 members (excludes halogenated alkanes) is 23. The van der Waals surface area contributed by atoms with Gasteiger partial charge in [0.25, 0.3) is 7.82 Å². The molecular formula is C56H102NO7P. The van der Waals surface area contributed by atoms with E-state index in [9.17, 15) is 14.3 Å². The molecule has 378 valence electrons. The molecule has 0 radical (unpaired) electrons. The number of esters is 1. The van der Waals surface area contributed by atoms with Gasteiger partial charge in [-0.25, -0.2) is 0 Å². The maximum absolute atomic E-state index is 12.8. The van der Waals surface area contributed by atoms with Crippen molar-refractivity contribution in [2.45, 2.75) is 225 Å². The molecular weight excluding hydrogens is 830 g/mol. The van der Waals surface area contributed by atoms with E-state index < -0.39 is 13.9 Å². The molecule has 0 aromatic carbocycles. The Morgan fingerprint density at radius 3 is 1.35 bits per heavy atom. The van der Waals surface area contributed by atoms with E-state index in [0.29, 0.717) is 24.1 Å². The van der Waals surface area contributed by atoms with Crippen LogP contribution in [-0.2, 0) is 27.9 Å². The molecule has 0 aliphatic rings. The van der Waals surface area contributed by atoms with Crippen molar-refractivity contribution in [2.75, 3.05) is 54.1 Å². The lowest BCUT2D eigenvalue weighted by Gasteiger charge is -2.28. The van der Waals surface area contributed by atoms with Crippen LogP contribution in [-0.4, -0.2) is 70.7 Å². The normalized spacial score (nSPS) is 14.1. The smallest absolute Gasteiger partial charge is 0.306 e. The number of hydrogen-bond donors (Lipinski definition) is 0. The van der Waals surface area contributed by atoms with E-state index >= 15 is 0 Å². The third kappa shape index (κ3) is 52.8. The number of carbonyl (C=O) groups is 1. The molecule has 0 spiro atoms. The summed E-state index contributed by atoms with van der Waals surface area (Å²) in [5.74, 6) is -0.349. The largest absolute Gasteiger partial charge is 0.756 e. The van der Waals surface area contributed by atoms with Crippen LogP contribution in [0.1, 0.15) is 219 Å². The summed E-state index contributed by atoms with van der Waals surface area (Å²) in [6.07, 6.45) is 63.7. The zero-order valence-electron chi connectivity index (χ0n) is 42.9. The molecule has 0 aliphatic heterocycles. The van der Waals surface area contributed by atoms with Crippen molar-refractivity contribution in [2.24, 2.45) is 0 Å². The Balaban J connectivity index is 4.15. The van der Waals surface area contributed by atoms with Crippen LogP contribution >= 0.6 is 7.82 Å². The van der Waals surface area contributed by atoms with E-state index in [1.54, 1.807) is 0 Å². The number of ether oxygens (including phenoxy) is 2. The SMILES string of the molecule is CC/C=C\C/C=C\C/C=C\C/C=C\C/C=C\CCCCOCC(COP(=O)([O-])OCC[N+](C)(C)C)OC(=O)CCCCCCCCCCCCCCC/C=C\CCCCCCCCCC. The second kappa shape index (κ2) is 48.4. The molecule has 9 heteroatoms. The number of carbonyl (C=O) groups excluding carboxylic acids is 1. The molecule has 0 amide bonds. The highest BCUT2D eigenvalue weighted by Crippen LogP contribution is 2.38. The molecule has 0 heterocycles. The zero-order valence-corrected chi connectivity index (χ0v) is 43.8. The van der Waals surface area contributed by atoms with Crippen molar-refractivity contribution < 1.29 is 37.3 Å². The predicted molar refractivity (Wildman–Crippen MR) is 277 cm³/mol. The van der Waals surface area contributed by atoms with Crippen LogP contribution < -0.4 is 4.89 Å². The average molecular weight is 932 g/mol. The minimum atomic E-state index is -4.55. The summed E-state index contributed by atoms with van der Waals surface area (Å²) < 4.78 is 34.7. The molecule has 0 saturated heterocycles. The van der Waals surface area contributed by atoms with Crippen molar-refractivity contribution in [3.63, 3.8) is 0 Å². The van der Waals surface area contributed by atoms with Gasteiger partial charge in [0, 0.05) is 13.0 Å². The summed E-state index contributed by atoms with van der Waals surface area (Å²) in [4.78, 5) is 25.2. The first-order valence-electron chi connectivity index (χ1n) is 26.7. The lowest BCUT2D eigenvalue weighted by atomic mass is 10.0. The topological polar surface area (TPSA) is 94.1 Å². The summed E-state index contributed by atoms with van der Waals surface area (Å²) in [6.45, 7) is 5.20. The van der Waals surface area contributed by atoms with Gasteiger partial charge in [-0.2, -0.15) is 0 Å². The first-order valence-corrected chi connectivity index (χ1v) is 28.1. The van der Waals surface area contributed by atoms with Gasteiger partial charge in [0.1, 0.15) is 19.3 Å². The van der Waals surface area contributed by atoms with Gasteiger partial charge in [-0.3, -0.25) is 9.36 Å². The van der Waals surface area contributed by atoms with Gasteiger partial charge in [0.15, 0.2) is 0 Å². The monoisotopic (exact) mass is 932 g/mol. The third-order valence-corrected chi connectivity index (χ3v) is 12.2. The Morgan fingerprint density at radius 2 is 0.892 bits per heavy atom. The number of likely N-dealkylation sites (N-methyl/N-ethyl adjacent to an activating group) is 1. The number of hydrogen-bond acceptors (Lipinski definition) is 7. The molecule has 0 aromatic rings. The van der Waals surface area contributed by atoms with Crippen LogP contribution in [0.25, 0.3) is 0 Å². The quantitative estimate of drug-likeness (QED) is 0.0197. The number of phosphoric acid groups is 1. The molecule has 0 rings (SSSR count). The minimum Gasteiger partial charge on any atom is -0.756 e. The standard InChI is InChI=1S/C56H102NO7P/c1-6-8-10-12-14-16-18-20-22-24-26-27-28-29-30-31-32-33-35-37-39-41-43-45-47-49-56(58)64-55(54-63-65(59,60)62-52-50-57(3,4)5)53-61-51-48-46-44-42-40-38-36-34-25-23-21-19-17-15-13-11-9-7-2/h9,11,15,17,21,23-24,26,34,36,40,42,55H,6-8,10,12-14,16,18-20,22,25,27-33,35,37-39,41,43-54H2,1-5H3/b11-9-,17-15-,23-21-,26-24-,36-34-,42-40-. The lowest BCUT2D eigenvalue weighted by molar-refractivity contribution is -0.870. The van der Waals surface area contributed by atoms with E-state index in [2.05, 4.69) is 86.8 Å². The molecule has 0 aromatic heterocycles. The molecule has 2 unspecified atom stereocenters. The van der Waals surface area contributed by atoms with E-state index in [1.165, 1.54) is 128 Å². The van der Waals surface area contributed by atoms with Crippen LogP contribution in [0.4, 0.5) is 0 Å². The van der Waals surface area contributed by atoms with Crippen molar-refractivity contribution >= 4 is 13.8 Å². The number of rotatable bonds is 49. The summed E-state index contributed by atoms with van der Waals surface area (Å²) in [5.41, 5.74) is 0. The average Bonchev–Trinajstić information content (AvgIpc) is 3.27. The van der Waals surface area contributed by atoms with Gasteiger partial charge in [0.2, 0.25) is 0 Å². The Bertz CT molecular complexity index is 1270. The van der Waals surface area contributed by atoms with Gasteiger partial charge in [-0.15, -0.1) is 0 Å². The van der Waals surface area contributed by atoms with Crippen molar-refractivity contribution in [3.8, 4) is 0 Å². The van der Waals surface area contributed by atoms with Crippen LogP contribution in [0.15, 0.2) is 72.9 Å². The maximum Gasteiger partial charge on any atom is 0.306 e. The second-order valence-electron chi connectivity index (χ2n) is 18.9. The van der Waals surface area contributed by atoms with Crippen LogP contribution in [0.2, 0.25) is 0 Å². The number of allylic oxidation sites excluding steroid dienone is 12. The first kappa shape index (κ1) is 62.9. The molecule has 65 heavy (non-hydrogen) atoms. The Hall–Kier alpha value is -2.06. The molecule has 0 saturated carbocycles. The number of nitrogens with zero attached hydrogens (tertiary/aromatic N) is 1. The van der Waals surface area contributed by atoms with Gasteiger partial charge >= 0.3 is 5.97 Å². The van der Waals surface area contributed by atoms with Gasteiger partial charge in [0.05, 0.1) is 34.4 Å². The fourth-order valence-corrected chi connectivity index (χ4v) is 7.89. The number of quaternary nitrogens is 1. The van der Waals surface area contributed by atoms with Crippen LogP contribution in [0, 0.1) is 0 Å². The lowest BCUT2D eigenvalue weighted by Crippen LogP contribution is -2.37. The maximum atomic E-state index is 12.8. The highest BCUT2D eigenvalue weighted by molar-refractivity contribution is 7.45. The summed E-state index contributed by atoms with van der Waals surface area (Å²) in [5, 5.41) is 0. The molecule has 8 nitrogen and oxygen atoms in total. The fraction of sp³-hybridized carbons (Fsp3) is 0.768. The molecule has 0 N–H and O–H groups in total. The molecule has 2 atom stereocenters. The third-order valence-electron chi connectivity index (χ3n) is 11.2. The zero-order chi connectivity index (χ0) is 47.6. The summed E-state index contributed by atoms with van der Waals surface area (Å²) in [7, 11) is 1.32. The highest BCUT2D eigenvalue weighted by Gasteiger charge is 2.20. The first-order chi connectivity index (χ1) is 31.6. The van der Waals surface area contributed by atoms with E-state index in [-0.39, 0.29) is 25.8 Å². The summed E-state index contributed by atoms with van der Waals surface area (Å²) >= 11 is 0. The Morgan fingerprint density at radius 1 is 0.492 bits per heavy atom. The van der Waals surface area contributed by atoms with E-state index in [0.717, 1.165) is 70.6 Å². The second-order valence-corrected chi connectivity index (χ2v) is 20.3. The predicted octanol–water partition coefficient (Wildman–Crippen LogP) is 16.0. The molecule has 0 fully saturated rings. The van der Waals surface area contributed by atoms with Crippen molar-refractivity contribution in [1.82, 2.24) is 0 Å². The van der Waals surface area contributed by atoms with Crippen molar-refractivity contribution in [3.05, 3.63) is 72.9 Å². The Labute approximate surface area is 402 Å². The van der Waals surface area contributed by atoms with E-state index in [1.807, 2.05) is 21.1 Å².